The van der Waals surface area contributed by atoms with Crippen LogP contribution in [0.15, 0.2) is 41.3 Å². The third kappa shape index (κ3) is 2.13. The van der Waals surface area contributed by atoms with Gasteiger partial charge in [-0.1, -0.05) is 0 Å². The van der Waals surface area contributed by atoms with E-state index in [1.165, 1.54) is 29.9 Å². The Kier molecular flexibility index (Phi) is 2.93. The van der Waals surface area contributed by atoms with Crippen LogP contribution in [0.4, 0.5) is 10.1 Å². The zero-order valence-electron chi connectivity index (χ0n) is 9.46. The Hall–Kier alpha value is -2.50. The first-order chi connectivity index (χ1) is 8.49. The van der Waals surface area contributed by atoms with Crippen molar-refractivity contribution in [3.8, 4) is 11.1 Å². The van der Waals surface area contributed by atoms with Crippen molar-refractivity contribution < 1.29 is 9.31 Å². The maximum absolute atomic E-state index is 13.6. The van der Waals surface area contributed by atoms with Crippen LogP contribution in [0.3, 0.4) is 0 Å². The van der Waals surface area contributed by atoms with Crippen LogP contribution in [0.2, 0.25) is 0 Å². The lowest BCUT2D eigenvalue weighted by molar-refractivity contribution is -0.384. The van der Waals surface area contributed by atoms with E-state index < -0.39 is 10.7 Å². The van der Waals surface area contributed by atoms with Gasteiger partial charge in [-0.05, 0) is 12.1 Å². The van der Waals surface area contributed by atoms with Crippen LogP contribution in [0.1, 0.15) is 0 Å². The molecule has 1 aromatic carbocycles. The van der Waals surface area contributed by atoms with Crippen molar-refractivity contribution in [2.24, 2.45) is 7.05 Å². The summed E-state index contributed by atoms with van der Waals surface area (Å²) in [7, 11) is 1.53. The van der Waals surface area contributed by atoms with E-state index in [-0.39, 0.29) is 16.8 Å². The SMILES string of the molecule is Cn1cc(-c2cc([N+](=O)[O-])ccc2F)ccc1=O. The molecule has 0 spiro atoms. The largest absolute Gasteiger partial charge is 0.318 e. The Morgan fingerprint density at radius 1 is 1.28 bits per heavy atom. The fourth-order valence-corrected chi connectivity index (χ4v) is 1.60. The normalized spacial score (nSPS) is 10.3. The molecular weight excluding hydrogens is 239 g/mol. The summed E-state index contributed by atoms with van der Waals surface area (Å²) >= 11 is 0. The molecule has 0 N–H and O–H groups in total. The molecule has 1 heterocycles. The van der Waals surface area contributed by atoms with Crippen LogP contribution in [0.25, 0.3) is 11.1 Å². The number of non-ortho nitro benzene ring substituents is 1. The van der Waals surface area contributed by atoms with Gasteiger partial charge in [-0.2, -0.15) is 0 Å². The summed E-state index contributed by atoms with van der Waals surface area (Å²) in [6.07, 6.45) is 1.43. The van der Waals surface area contributed by atoms with Gasteiger partial charge >= 0.3 is 0 Å². The van der Waals surface area contributed by atoms with Crippen molar-refractivity contribution in [2.45, 2.75) is 0 Å². The van der Waals surface area contributed by atoms with Crippen molar-refractivity contribution >= 4 is 5.69 Å². The van der Waals surface area contributed by atoms with E-state index in [1.54, 1.807) is 0 Å². The average molecular weight is 248 g/mol. The summed E-state index contributed by atoms with van der Waals surface area (Å²) in [5.74, 6) is -0.570. The predicted molar refractivity (Wildman–Crippen MR) is 63.7 cm³/mol. The molecule has 0 unspecified atom stereocenters. The Bertz CT molecular complexity index is 679. The zero-order valence-corrected chi connectivity index (χ0v) is 9.46. The summed E-state index contributed by atoms with van der Waals surface area (Å²) in [5, 5.41) is 10.6. The van der Waals surface area contributed by atoms with E-state index in [1.807, 2.05) is 0 Å². The van der Waals surface area contributed by atoms with Crippen molar-refractivity contribution in [1.29, 1.82) is 0 Å². The van der Waals surface area contributed by atoms with Gasteiger partial charge in [0.1, 0.15) is 5.82 Å². The summed E-state index contributed by atoms with van der Waals surface area (Å²) in [6, 6.07) is 6.01. The third-order valence-electron chi connectivity index (χ3n) is 2.56. The number of nitro benzene ring substituents is 1. The van der Waals surface area contributed by atoms with Gasteiger partial charge in [0.05, 0.1) is 4.92 Å². The third-order valence-corrected chi connectivity index (χ3v) is 2.56. The van der Waals surface area contributed by atoms with E-state index in [9.17, 15) is 19.3 Å². The van der Waals surface area contributed by atoms with Crippen LogP contribution < -0.4 is 5.56 Å². The summed E-state index contributed by atoms with van der Waals surface area (Å²) in [6.45, 7) is 0. The van der Waals surface area contributed by atoms with Gasteiger partial charge in [-0.3, -0.25) is 14.9 Å². The predicted octanol–water partition coefficient (Wildman–Crippen LogP) is 2.10. The minimum Gasteiger partial charge on any atom is -0.318 e. The lowest BCUT2D eigenvalue weighted by atomic mass is 10.1. The van der Waals surface area contributed by atoms with Gasteiger partial charge in [0.25, 0.3) is 5.69 Å². The molecule has 0 atom stereocenters. The maximum Gasteiger partial charge on any atom is 0.270 e. The number of pyridine rings is 1. The second-order valence-electron chi connectivity index (χ2n) is 3.79. The first kappa shape index (κ1) is 12.0. The average Bonchev–Trinajstić information content (AvgIpc) is 2.33. The molecule has 1 aromatic heterocycles. The molecule has 18 heavy (non-hydrogen) atoms. The standard InChI is InChI=1S/C12H9FN2O3/c1-14-7-8(2-5-12(14)16)10-6-9(15(17)18)3-4-11(10)13/h2-7H,1H3. The molecule has 5 nitrogen and oxygen atoms in total. The maximum atomic E-state index is 13.6. The van der Waals surface area contributed by atoms with Gasteiger partial charge < -0.3 is 4.57 Å². The number of aromatic nitrogens is 1. The lowest BCUT2D eigenvalue weighted by Crippen LogP contribution is -2.14. The number of halogens is 1. The van der Waals surface area contributed by atoms with Gasteiger partial charge in [-0.25, -0.2) is 4.39 Å². The van der Waals surface area contributed by atoms with Crippen molar-refractivity contribution in [3.63, 3.8) is 0 Å². The lowest BCUT2D eigenvalue weighted by Gasteiger charge is -2.05. The highest BCUT2D eigenvalue weighted by Crippen LogP contribution is 2.26. The Labute approximate surface area is 101 Å². The molecule has 0 bridgehead atoms. The van der Waals surface area contributed by atoms with E-state index in [4.69, 9.17) is 0 Å². The molecule has 0 radical (unpaired) electrons. The highest BCUT2D eigenvalue weighted by atomic mass is 19.1. The molecule has 92 valence electrons. The Morgan fingerprint density at radius 2 is 2.00 bits per heavy atom. The second kappa shape index (κ2) is 4.40. The van der Waals surface area contributed by atoms with Crippen LogP contribution in [0, 0.1) is 15.9 Å². The van der Waals surface area contributed by atoms with Crippen molar-refractivity contribution in [2.75, 3.05) is 0 Å². The van der Waals surface area contributed by atoms with E-state index in [2.05, 4.69) is 0 Å². The number of benzene rings is 1. The fourth-order valence-electron chi connectivity index (χ4n) is 1.60. The molecule has 2 rings (SSSR count). The quantitative estimate of drug-likeness (QED) is 0.603. The van der Waals surface area contributed by atoms with E-state index >= 15 is 0 Å². The van der Waals surface area contributed by atoms with Crippen LogP contribution in [-0.4, -0.2) is 9.49 Å². The number of nitrogens with zero attached hydrogens (tertiary/aromatic N) is 2. The van der Waals surface area contributed by atoms with Gasteiger partial charge in [0.15, 0.2) is 0 Å². The second-order valence-corrected chi connectivity index (χ2v) is 3.79. The Morgan fingerprint density at radius 3 is 2.61 bits per heavy atom. The topological polar surface area (TPSA) is 65.1 Å². The summed E-state index contributed by atoms with van der Waals surface area (Å²) in [4.78, 5) is 21.3. The zero-order chi connectivity index (χ0) is 13.3. The first-order valence-corrected chi connectivity index (χ1v) is 5.10. The van der Waals surface area contributed by atoms with Crippen LogP contribution in [-0.2, 0) is 7.05 Å². The highest BCUT2D eigenvalue weighted by Gasteiger charge is 2.12. The number of rotatable bonds is 2. The van der Waals surface area contributed by atoms with E-state index in [0.29, 0.717) is 5.56 Å². The molecule has 6 heteroatoms. The molecule has 0 saturated carbocycles. The highest BCUT2D eigenvalue weighted by molar-refractivity contribution is 5.66. The Balaban J connectivity index is 2.62. The molecule has 0 aliphatic heterocycles. The van der Waals surface area contributed by atoms with Crippen LogP contribution in [0.5, 0.6) is 0 Å². The molecule has 0 saturated heterocycles. The number of nitro groups is 1. The number of hydrogen-bond acceptors (Lipinski definition) is 3. The van der Waals surface area contributed by atoms with Gasteiger partial charge in [-0.15, -0.1) is 0 Å². The molecule has 0 aliphatic rings. The monoisotopic (exact) mass is 248 g/mol. The number of hydrogen-bond donors (Lipinski definition) is 0. The van der Waals surface area contributed by atoms with Crippen molar-refractivity contribution in [1.82, 2.24) is 4.57 Å². The van der Waals surface area contributed by atoms with Gasteiger partial charge in [0.2, 0.25) is 5.56 Å². The molecular formula is C12H9FN2O3. The fraction of sp³-hybridized carbons (Fsp3) is 0.0833. The molecule has 0 fully saturated rings. The minimum absolute atomic E-state index is 0.0970. The molecule has 0 aliphatic carbocycles. The van der Waals surface area contributed by atoms with E-state index in [0.717, 1.165) is 18.2 Å². The smallest absolute Gasteiger partial charge is 0.270 e. The van der Waals surface area contributed by atoms with Crippen molar-refractivity contribution in [3.05, 3.63) is 62.8 Å². The molecule has 2 aromatic rings. The van der Waals surface area contributed by atoms with Crippen LogP contribution >= 0.6 is 0 Å². The first-order valence-electron chi connectivity index (χ1n) is 5.10. The number of aryl methyl sites for hydroxylation is 1. The van der Waals surface area contributed by atoms with Gasteiger partial charge in [0, 0.05) is 42.6 Å². The summed E-state index contributed by atoms with van der Waals surface area (Å²) in [5.41, 5.74) is 0.0861. The minimum atomic E-state index is -0.592. The summed E-state index contributed by atoms with van der Waals surface area (Å²) < 4.78 is 14.9. The molecule has 0 amide bonds.